The maximum absolute atomic E-state index is 11.1. The highest BCUT2D eigenvalue weighted by Crippen LogP contribution is 2.25. The van der Waals surface area contributed by atoms with Gasteiger partial charge < -0.3 is 5.32 Å². The van der Waals surface area contributed by atoms with Crippen LogP contribution in [0.4, 0.5) is 5.69 Å². The molecule has 0 bridgehead atoms. The van der Waals surface area contributed by atoms with E-state index >= 15 is 0 Å². The number of nitrogens with one attached hydrogen (secondary N) is 1. The Labute approximate surface area is 125 Å². The van der Waals surface area contributed by atoms with E-state index < -0.39 is 0 Å². The van der Waals surface area contributed by atoms with Crippen molar-refractivity contribution in [3.8, 4) is 0 Å². The molecule has 1 aliphatic heterocycles. The van der Waals surface area contributed by atoms with Crippen LogP contribution in [-0.2, 0) is 24.3 Å². The lowest BCUT2D eigenvalue weighted by atomic mass is 10.1. The molecule has 0 spiro atoms. The SMILES string of the molecule is CC(=O)Nc1ccc2c(c1)CN(CCc1ccccc1)C2. The average molecular weight is 280 g/mol. The van der Waals surface area contributed by atoms with Crippen molar-refractivity contribution in [2.24, 2.45) is 0 Å². The molecule has 0 saturated carbocycles. The van der Waals surface area contributed by atoms with Crippen molar-refractivity contribution in [2.75, 3.05) is 11.9 Å². The quantitative estimate of drug-likeness (QED) is 0.932. The van der Waals surface area contributed by atoms with Crippen molar-refractivity contribution < 1.29 is 4.79 Å². The molecule has 0 aromatic heterocycles. The monoisotopic (exact) mass is 280 g/mol. The van der Waals surface area contributed by atoms with Crippen LogP contribution in [0.3, 0.4) is 0 Å². The van der Waals surface area contributed by atoms with E-state index in [1.807, 2.05) is 6.07 Å². The van der Waals surface area contributed by atoms with E-state index in [4.69, 9.17) is 0 Å². The van der Waals surface area contributed by atoms with E-state index in [9.17, 15) is 4.79 Å². The Kier molecular flexibility index (Phi) is 4.02. The second-order valence-electron chi connectivity index (χ2n) is 5.61. The van der Waals surface area contributed by atoms with Crippen LogP contribution in [-0.4, -0.2) is 17.4 Å². The van der Waals surface area contributed by atoms with Crippen LogP contribution in [0, 0.1) is 0 Å². The highest BCUT2D eigenvalue weighted by Gasteiger charge is 2.18. The summed E-state index contributed by atoms with van der Waals surface area (Å²) in [5, 5.41) is 2.85. The summed E-state index contributed by atoms with van der Waals surface area (Å²) < 4.78 is 0. The summed E-state index contributed by atoms with van der Waals surface area (Å²) in [5.41, 5.74) is 4.98. The molecule has 3 nitrogen and oxygen atoms in total. The molecular formula is C18H20N2O. The fourth-order valence-corrected chi connectivity index (χ4v) is 2.84. The van der Waals surface area contributed by atoms with Crippen molar-refractivity contribution in [1.29, 1.82) is 0 Å². The minimum Gasteiger partial charge on any atom is -0.326 e. The maximum Gasteiger partial charge on any atom is 0.221 e. The van der Waals surface area contributed by atoms with Crippen LogP contribution < -0.4 is 5.32 Å². The number of rotatable bonds is 4. The Morgan fingerprint density at radius 2 is 1.86 bits per heavy atom. The minimum atomic E-state index is -0.0196. The van der Waals surface area contributed by atoms with Gasteiger partial charge in [0.05, 0.1) is 0 Å². The largest absolute Gasteiger partial charge is 0.326 e. The number of benzene rings is 2. The number of amides is 1. The molecule has 0 radical (unpaired) electrons. The van der Waals surface area contributed by atoms with Gasteiger partial charge in [-0.2, -0.15) is 0 Å². The Hall–Kier alpha value is -2.13. The zero-order valence-corrected chi connectivity index (χ0v) is 12.3. The molecule has 1 aliphatic rings. The van der Waals surface area contributed by atoms with Crippen LogP contribution in [0.1, 0.15) is 23.6 Å². The molecule has 2 aromatic rings. The molecule has 0 fully saturated rings. The van der Waals surface area contributed by atoms with Gasteiger partial charge in [-0.05, 0) is 35.2 Å². The lowest BCUT2D eigenvalue weighted by Gasteiger charge is -2.14. The topological polar surface area (TPSA) is 32.3 Å². The Bertz CT molecular complexity index is 637. The van der Waals surface area contributed by atoms with Crippen molar-refractivity contribution >= 4 is 11.6 Å². The molecule has 0 unspecified atom stereocenters. The predicted octanol–water partition coefficient (Wildman–Crippen LogP) is 3.20. The van der Waals surface area contributed by atoms with Crippen LogP contribution in [0.25, 0.3) is 0 Å². The normalized spacial score (nSPS) is 14.0. The first-order chi connectivity index (χ1) is 10.2. The summed E-state index contributed by atoms with van der Waals surface area (Å²) in [7, 11) is 0. The third-order valence-electron chi connectivity index (χ3n) is 3.87. The Morgan fingerprint density at radius 3 is 2.62 bits per heavy atom. The molecule has 2 aromatic carbocycles. The first-order valence-electron chi connectivity index (χ1n) is 7.36. The minimum absolute atomic E-state index is 0.0196. The highest BCUT2D eigenvalue weighted by molar-refractivity contribution is 5.88. The van der Waals surface area contributed by atoms with Gasteiger partial charge in [-0.15, -0.1) is 0 Å². The third kappa shape index (κ3) is 3.50. The molecule has 3 heteroatoms. The molecule has 1 N–H and O–H groups in total. The first kappa shape index (κ1) is 13.8. The van der Waals surface area contributed by atoms with E-state index in [0.29, 0.717) is 0 Å². The second kappa shape index (κ2) is 6.10. The van der Waals surface area contributed by atoms with E-state index in [0.717, 1.165) is 31.7 Å². The molecule has 3 rings (SSSR count). The molecule has 0 saturated heterocycles. The summed E-state index contributed by atoms with van der Waals surface area (Å²) in [6, 6.07) is 16.8. The van der Waals surface area contributed by atoms with Gasteiger partial charge in [-0.25, -0.2) is 0 Å². The third-order valence-corrected chi connectivity index (χ3v) is 3.87. The summed E-state index contributed by atoms with van der Waals surface area (Å²) >= 11 is 0. The van der Waals surface area contributed by atoms with Crippen LogP contribution in [0.2, 0.25) is 0 Å². The van der Waals surface area contributed by atoms with Crippen molar-refractivity contribution in [2.45, 2.75) is 26.4 Å². The molecule has 108 valence electrons. The maximum atomic E-state index is 11.1. The van der Waals surface area contributed by atoms with Gasteiger partial charge in [0.25, 0.3) is 0 Å². The van der Waals surface area contributed by atoms with Gasteiger partial charge in [0.15, 0.2) is 0 Å². The second-order valence-corrected chi connectivity index (χ2v) is 5.61. The van der Waals surface area contributed by atoms with E-state index in [-0.39, 0.29) is 5.91 Å². The fraction of sp³-hybridized carbons (Fsp3) is 0.278. The summed E-state index contributed by atoms with van der Waals surface area (Å²) in [6.07, 6.45) is 1.08. The van der Waals surface area contributed by atoms with Gasteiger partial charge in [0.1, 0.15) is 0 Å². The number of anilines is 1. The smallest absolute Gasteiger partial charge is 0.221 e. The standard InChI is InChI=1S/C18H20N2O/c1-14(21)19-18-8-7-16-12-20(13-17(16)11-18)10-9-15-5-3-2-4-6-15/h2-8,11H,9-10,12-13H2,1H3,(H,19,21). The summed E-state index contributed by atoms with van der Waals surface area (Å²) in [5.74, 6) is -0.0196. The number of carbonyl (C=O) groups is 1. The Balaban J connectivity index is 1.60. The number of hydrogen-bond donors (Lipinski definition) is 1. The zero-order chi connectivity index (χ0) is 14.7. The van der Waals surface area contributed by atoms with Crippen LogP contribution in [0.15, 0.2) is 48.5 Å². The van der Waals surface area contributed by atoms with E-state index in [1.165, 1.54) is 16.7 Å². The molecule has 21 heavy (non-hydrogen) atoms. The van der Waals surface area contributed by atoms with Gasteiger partial charge in [0.2, 0.25) is 5.91 Å². The van der Waals surface area contributed by atoms with Gasteiger partial charge in [0, 0.05) is 32.2 Å². The van der Waals surface area contributed by atoms with Gasteiger partial charge >= 0.3 is 0 Å². The number of hydrogen-bond acceptors (Lipinski definition) is 2. The van der Waals surface area contributed by atoms with Crippen LogP contribution in [0.5, 0.6) is 0 Å². The van der Waals surface area contributed by atoms with Gasteiger partial charge in [-0.3, -0.25) is 9.69 Å². The van der Waals surface area contributed by atoms with E-state index in [2.05, 4.69) is 52.7 Å². The lowest BCUT2D eigenvalue weighted by molar-refractivity contribution is -0.114. The first-order valence-corrected chi connectivity index (χ1v) is 7.36. The van der Waals surface area contributed by atoms with Crippen molar-refractivity contribution in [3.63, 3.8) is 0 Å². The summed E-state index contributed by atoms with van der Waals surface area (Å²) in [4.78, 5) is 13.6. The number of nitrogens with zero attached hydrogens (tertiary/aromatic N) is 1. The molecule has 1 amide bonds. The van der Waals surface area contributed by atoms with E-state index in [1.54, 1.807) is 6.92 Å². The number of fused-ring (bicyclic) bond motifs is 1. The van der Waals surface area contributed by atoms with Crippen LogP contribution >= 0.6 is 0 Å². The lowest BCUT2D eigenvalue weighted by Crippen LogP contribution is -2.19. The average Bonchev–Trinajstić information content (AvgIpc) is 2.88. The molecule has 0 aliphatic carbocycles. The van der Waals surface area contributed by atoms with Crippen molar-refractivity contribution in [3.05, 3.63) is 65.2 Å². The highest BCUT2D eigenvalue weighted by atomic mass is 16.1. The number of carbonyl (C=O) groups excluding carboxylic acids is 1. The zero-order valence-electron chi connectivity index (χ0n) is 12.3. The molecule has 0 atom stereocenters. The summed E-state index contributed by atoms with van der Waals surface area (Å²) in [6.45, 7) is 4.58. The molecular weight excluding hydrogens is 260 g/mol. The fourth-order valence-electron chi connectivity index (χ4n) is 2.84. The van der Waals surface area contributed by atoms with Gasteiger partial charge in [-0.1, -0.05) is 36.4 Å². The van der Waals surface area contributed by atoms with Crippen molar-refractivity contribution in [1.82, 2.24) is 4.90 Å². The predicted molar refractivity (Wildman–Crippen MR) is 85.0 cm³/mol. The molecule has 1 heterocycles. The Morgan fingerprint density at radius 1 is 1.10 bits per heavy atom.